The Kier molecular flexibility index (Phi) is 3.35. The van der Waals surface area contributed by atoms with Crippen molar-refractivity contribution in [2.75, 3.05) is 0 Å². The van der Waals surface area contributed by atoms with E-state index in [1.54, 1.807) is 0 Å². The van der Waals surface area contributed by atoms with Crippen LogP contribution in [0.15, 0.2) is 6.07 Å². The number of alkyl halides is 3. The van der Waals surface area contributed by atoms with Crippen molar-refractivity contribution in [1.82, 2.24) is 4.98 Å². The molecule has 0 saturated carbocycles. The van der Waals surface area contributed by atoms with Crippen LogP contribution in [0.5, 0.6) is 5.75 Å². The monoisotopic (exact) mass is 221 g/mol. The zero-order chi connectivity index (χ0) is 10.7. The van der Waals surface area contributed by atoms with Gasteiger partial charge in [0.2, 0.25) is 0 Å². The van der Waals surface area contributed by atoms with Crippen molar-refractivity contribution in [3.63, 3.8) is 0 Å². The minimum atomic E-state index is -2.86. The summed E-state index contributed by atoms with van der Waals surface area (Å²) >= 11 is 5.35. The van der Waals surface area contributed by atoms with Crippen molar-refractivity contribution >= 4 is 17.9 Å². The molecule has 14 heavy (non-hydrogen) atoms. The minimum absolute atomic E-state index is 0.0624. The van der Waals surface area contributed by atoms with Gasteiger partial charge >= 0.3 is 0 Å². The first kappa shape index (κ1) is 10.8. The van der Waals surface area contributed by atoms with E-state index in [2.05, 4.69) is 4.98 Å². The SMILES string of the molecule is O=Cc1cc(O)c(CCl)nc1C(F)F. The Bertz CT molecular complexity index is 357. The Morgan fingerprint density at radius 1 is 1.64 bits per heavy atom. The smallest absolute Gasteiger partial charge is 0.281 e. The van der Waals surface area contributed by atoms with Gasteiger partial charge in [-0.3, -0.25) is 4.79 Å². The number of aromatic hydroxyl groups is 1. The van der Waals surface area contributed by atoms with Crippen LogP contribution in [0.3, 0.4) is 0 Å². The zero-order valence-corrected chi connectivity index (χ0v) is 7.63. The molecule has 1 rings (SSSR count). The third kappa shape index (κ3) is 1.98. The zero-order valence-electron chi connectivity index (χ0n) is 6.88. The van der Waals surface area contributed by atoms with E-state index in [4.69, 9.17) is 11.6 Å². The first-order valence-electron chi connectivity index (χ1n) is 3.62. The molecule has 0 aromatic carbocycles. The molecule has 3 nitrogen and oxygen atoms in total. The largest absolute Gasteiger partial charge is 0.506 e. The fourth-order valence-corrected chi connectivity index (χ4v) is 1.14. The van der Waals surface area contributed by atoms with Crippen molar-refractivity contribution < 1.29 is 18.7 Å². The van der Waals surface area contributed by atoms with E-state index >= 15 is 0 Å². The predicted octanol–water partition coefficient (Wildman–Crippen LogP) is 2.28. The van der Waals surface area contributed by atoms with Crippen LogP contribution >= 0.6 is 11.6 Å². The average Bonchev–Trinajstić information content (AvgIpc) is 2.16. The number of carbonyl (C=O) groups excluding carboxylic acids is 1. The summed E-state index contributed by atoms with van der Waals surface area (Å²) in [6.07, 6.45) is -2.65. The van der Waals surface area contributed by atoms with Gasteiger partial charge in [0.25, 0.3) is 6.43 Å². The van der Waals surface area contributed by atoms with E-state index in [1.165, 1.54) is 0 Å². The van der Waals surface area contributed by atoms with Gasteiger partial charge in [0, 0.05) is 5.56 Å². The Balaban J connectivity index is 3.32. The standard InChI is InChI=1S/C8H6ClF2NO2/c9-2-5-6(14)1-4(3-13)7(12-5)8(10)11/h1,3,8,14H,2H2. The number of nitrogens with zero attached hydrogens (tertiary/aromatic N) is 1. The fourth-order valence-electron chi connectivity index (χ4n) is 0.939. The Labute approximate surface area is 83.3 Å². The van der Waals surface area contributed by atoms with Crippen LogP contribution in [0.2, 0.25) is 0 Å². The third-order valence-corrected chi connectivity index (χ3v) is 1.85. The number of rotatable bonds is 3. The van der Waals surface area contributed by atoms with E-state index in [0.29, 0.717) is 0 Å². The molecule has 1 N–H and O–H groups in total. The predicted molar refractivity (Wildman–Crippen MR) is 45.8 cm³/mol. The highest BCUT2D eigenvalue weighted by atomic mass is 35.5. The van der Waals surface area contributed by atoms with Crippen LogP contribution in [0.25, 0.3) is 0 Å². The normalized spacial score (nSPS) is 10.6. The maximum absolute atomic E-state index is 12.3. The van der Waals surface area contributed by atoms with E-state index in [-0.39, 0.29) is 29.2 Å². The maximum Gasteiger partial charge on any atom is 0.281 e. The van der Waals surface area contributed by atoms with Crippen molar-refractivity contribution in [1.29, 1.82) is 0 Å². The summed E-state index contributed by atoms with van der Waals surface area (Å²) in [5.41, 5.74) is -1.05. The second-order valence-corrected chi connectivity index (χ2v) is 2.75. The summed E-state index contributed by atoms with van der Waals surface area (Å²) in [7, 11) is 0. The number of halogens is 3. The fraction of sp³-hybridized carbons (Fsp3) is 0.250. The molecule has 0 aliphatic heterocycles. The molecule has 0 unspecified atom stereocenters. The van der Waals surface area contributed by atoms with E-state index in [1.807, 2.05) is 0 Å². The lowest BCUT2D eigenvalue weighted by atomic mass is 10.2. The second kappa shape index (κ2) is 4.32. The highest BCUT2D eigenvalue weighted by molar-refractivity contribution is 6.17. The Hall–Kier alpha value is -1.23. The first-order valence-corrected chi connectivity index (χ1v) is 4.15. The highest BCUT2D eigenvalue weighted by Crippen LogP contribution is 2.26. The molecule has 1 aromatic rings. The molecule has 1 aromatic heterocycles. The summed E-state index contributed by atoms with van der Waals surface area (Å²) in [5.74, 6) is -0.545. The summed E-state index contributed by atoms with van der Waals surface area (Å²) < 4.78 is 24.6. The van der Waals surface area contributed by atoms with Gasteiger partial charge in [0.15, 0.2) is 6.29 Å². The van der Waals surface area contributed by atoms with Gasteiger partial charge in [-0.15, -0.1) is 11.6 Å². The number of aldehydes is 1. The molecule has 0 atom stereocenters. The molecule has 0 amide bonds. The van der Waals surface area contributed by atoms with E-state index in [9.17, 15) is 18.7 Å². The van der Waals surface area contributed by atoms with Gasteiger partial charge in [-0.05, 0) is 6.07 Å². The summed E-state index contributed by atoms with van der Waals surface area (Å²) in [6, 6.07) is 0.930. The lowest BCUT2D eigenvalue weighted by Gasteiger charge is -2.06. The highest BCUT2D eigenvalue weighted by Gasteiger charge is 2.17. The van der Waals surface area contributed by atoms with Crippen LogP contribution < -0.4 is 0 Å². The van der Waals surface area contributed by atoms with Crippen molar-refractivity contribution in [3.05, 3.63) is 23.0 Å². The number of hydrogen-bond donors (Lipinski definition) is 1. The lowest BCUT2D eigenvalue weighted by molar-refractivity contribution is 0.110. The summed E-state index contributed by atoms with van der Waals surface area (Å²) in [4.78, 5) is 13.8. The van der Waals surface area contributed by atoms with Gasteiger partial charge in [-0.25, -0.2) is 13.8 Å². The minimum Gasteiger partial charge on any atom is -0.506 e. The quantitative estimate of drug-likeness (QED) is 0.629. The van der Waals surface area contributed by atoms with Gasteiger partial charge in [0.05, 0.1) is 11.6 Å². The summed E-state index contributed by atoms with van der Waals surface area (Å²) in [6.45, 7) is 0. The topological polar surface area (TPSA) is 50.2 Å². The van der Waals surface area contributed by atoms with Crippen LogP contribution in [0.1, 0.15) is 28.2 Å². The van der Waals surface area contributed by atoms with Crippen LogP contribution in [-0.4, -0.2) is 16.4 Å². The molecule has 0 saturated heterocycles. The van der Waals surface area contributed by atoms with Crippen LogP contribution in [0.4, 0.5) is 8.78 Å². The molecule has 0 aliphatic carbocycles. The molecule has 6 heteroatoms. The first-order chi connectivity index (χ1) is 6.60. The van der Waals surface area contributed by atoms with Gasteiger partial charge < -0.3 is 5.11 Å². The molecule has 0 fully saturated rings. The van der Waals surface area contributed by atoms with Crippen LogP contribution in [0, 0.1) is 0 Å². The van der Waals surface area contributed by atoms with Crippen molar-refractivity contribution in [3.8, 4) is 5.75 Å². The maximum atomic E-state index is 12.3. The number of hydrogen-bond acceptors (Lipinski definition) is 3. The van der Waals surface area contributed by atoms with Gasteiger partial charge in [0.1, 0.15) is 11.4 Å². The number of aromatic nitrogens is 1. The molecule has 76 valence electrons. The molecule has 1 heterocycles. The van der Waals surface area contributed by atoms with Crippen LogP contribution in [-0.2, 0) is 5.88 Å². The van der Waals surface area contributed by atoms with E-state index in [0.717, 1.165) is 6.07 Å². The lowest BCUT2D eigenvalue weighted by Crippen LogP contribution is -2.00. The second-order valence-electron chi connectivity index (χ2n) is 2.48. The summed E-state index contributed by atoms with van der Waals surface area (Å²) in [5, 5.41) is 9.18. The van der Waals surface area contributed by atoms with Gasteiger partial charge in [-0.1, -0.05) is 0 Å². The molecule has 0 aliphatic rings. The average molecular weight is 222 g/mol. The molecule has 0 bridgehead atoms. The number of carbonyl (C=O) groups is 1. The molecular weight excluding hydrogens is 216 g/mol. The molecule has 0 radical (unpaired) electrons. The van der Waals surface area contributed by atoms with Gasteiger partial charge in [-0.2, -0.15) is 0 Å². The Morgan fingerprint density at radius 3 is 2.71 bits per heavy atom. The third-order valence-electron chi connectivity index (χ3n) is 1.60. The number of pyridine rings is 1. The van der Waals surface area contributed by atoms with E-state index < -0.39 is 12.1 Å². The van der Waals surface area contributed by atoms with Crippen molar-refractivity contribution in [2.24, 2.45) is 0 Å². The molecular formula is C8H6ClF2NO2. The Morgan fingerprint density at radius 2 is 2.29 bits per heavy atom. The van der Waals surface area contributed by atoms with Crippen molar-refractivity contribution in [2.45, 2.75) is 12.3 Å². The molecule has 0 spiro atoms.